The van der Waals surface area contributed by atoms with Crippen molar-refractivity contribution in [3.8, 4) is 18.1 Å². The van der Waals surface area contributed by atoms with E-state index in [-0.39, 0.29) is 6.61 Å². The molecule has 0 aliphatic carbocycles. The first-order chi connectivity index (χ1) is 6.66. The molecule has 0 saturated heterocycles. The summed E-state index contributed by atoms with van der Waals surface area (Å²) in [6.07, 6.45) is 4.89. The van der Waals surface area contributed by atoms with Gasteiger partial charge in [-0.3, -0.25) is 10.1 Å². The van der Waals surface area contributed by atoms with Gasteiger partial charge in [0.15, 0.2) is 5.82 Å². The minimum atomic E-state index is -0.797. The first-order valence-electron chi connectivity index (χ1n) is 3.66. The van der Waals surface area contributed by atoms with Crippen LogP contribution in [0.15, 0.2) is 18.2 Å². The lowest BCUT2D eigenvalue weighted by molar-refractivity contribution is -0.386. The topological polar surface area (TPSA) is 52.4 Å². The average Bonchev–Trinajstić information content (AvgIpc) is 2.15. The summed E-state index contributed by atoms with van der Waals surface area (Å²) in [7, 11) is 0. The van der Waals surface area contributed by atoms with Gasteiger partial charge in [0, 0.05) is 6.07 Å². The highest BCUT2D eigenvalue weighted by Crippen LogP contribution is 2.29. The minimum absolute atomic E-state index is 0.207. The molecule has 0 saturated carbocycles. The van der Waals surface area contributed by atoms with Gasteiger partial charge in [-0.05, 0) is 6.07 Å². The maximum absolute atomic E-state index is 13.0. The SMILES string of the molecule is C#CCOc1c(F)cccc1[N+](=O)[O-]. The largest absolute Gasteiger partial charge is 0.472 e. The molecule has 0 atom stereocenters. The Kier molecular flexibility index (Phi) is 3.02. The molecule has 0 aliphatic heterocycles. The fourth-order valence-electron chi connectivity index (χ4n) is 0.898. The normalized spacial score (nSPS) is 9.14. The Bertz CT molecular complexity index is 398. The van der Waals surface area contributed by atoms with Gasteiger partial charge in [0.25, 0.3) is 0 Å². The second kappa shape index (κ2) is 4.23. The van der Waals surface area contributed by atoms with E-state index < -0.39 is 22.2 Å². The number of nitro benzene ring substituents is 1. The summed E-state index contributed by atoms with van der Waals surface area (Å²) in [5.74, 6) is 0.880. The number of nitro groups is 1. The van der Waals surface area contributed by atoms with Gasteiger partial charge in [-0.15, -0.1) is 6.42 Å². The quantitative estimate of drug-likeness (QED) is 0.419. The van der Waals surface area contributed by atoms with Crippen LogP contribution in [-0.2, 0) is 0 Å². The van der Waals surface area contributed by atoms with Gasteiger partial charge in [0.05, 0.1) is 4.92 Å². The summed E-state index contributed by atoms with van der Waals surface area (Å²) in [6, 6.07) is 3.45. The minimum Gasteiger partial charge on any atom is -0.472 e. The van der Waals surface area contributed by atoms with Crippen molar-refractivity contribution in [2.24, 2.45) is 0 Å². The summed E-state index contributed by atoms with van der Waals surface area (Å²) in [6.45, 7) is -0.207. The number of halogens is 1. The van der Waals surface area contributed by atoms with Gasteiger partial charge in [-0.25, -0.2) is 4.39 Å². The number of hydrogen-bond donors (Lipinski definition) is 0. The summed E-state index contributed by atoms with van der Waals surface area (Å²) >= 11 is 0. The van der Waals surface area contributed by atoms with E-state index in [9.17, 15) is 14.5 Å². The predicted molar refractivity (Wildman–Crippen MR) is 47.4 cm³/mol. The van der Waals surface area contributed by atoms with E-state index in [0.29, 0.717) is 0 Å². The third-order valence-electron chi connectivity index (χ3n) is 1.44. The number of rotatable bonds is 3. The highest BCUT2D eigenvalue weighted by atomic mass is 19.1. The lowest BCUT2D eigenvalue weighted by Crippen LogP contribution is -2.00. The molecule has 4 nitrogen and oxygen atoms in total. The molecule has 0 spiro atoms. The van der Waals surface area contributed by atoms with Gasteiger partial charge < -0.3 is 4.74 Å². The maximum atomic E-state index is 13.0. The van der Waals surface area contributed by atoms with Crippen molar-refractivity contribution in [1.29, 1.82) is 0 Å². The number of ether oxygens (including phenoxy) is 1. The van der Waals surface area contributed by atoms with Crippen molar-refractivity contribution in [3.05, 3.63) is 34.1 Å². The third-order valence-corrected chi connectivity index (χ3v) is 1.44. The van der Waals surface area contributed by atoms with E-state index >= 15 is 0 Å². The van der Waals surface area contributed by atoms with E-state index in [0.717, 1.165) is 12.1 Å². The van der Waals surface area contributed by atoms with E-state index in [1.165, 1.54) is 6.07 Å². The fourth-order valence-corrected chi connectivity index (χ4v) is 0.898. The Morgan fingerprint density at radius 3 is 2.93 bits per heavy atom. The summed E-state index contributed by atoms with van der Waals surface area (Å²) in [5.41, 5.74) is -0.430. The molecule has 0 aliphatic rings. The lowest BCUT2D eigenvalue weighted by Gasteiger charge is -2.03. The molecule has 14 heavy (non-hydrogen) atoms. The van der Waals surface area contributed by atoms with Crippen molar-refractivity contribution in [2.75, 3.05) is 6.61 Å². The van der Waals surface area contributed by atoms with E-state index in [2.05, 4.69) is 5.92 Å². The first-order valence-corrected chi connectivity index (χ1v) is 3.66. The number of hydrogen-bond acceptors (Lipinski definition) is 3. The second-order valence-corrected chi connectivity index (χ2v) is 2.34. The highest BCUT2D eigenvalue weighted by Gasteiger charge is 2.18. The van der Waals surface area contributed by atoms with Crippen LogP contribution in [0.5, 0.6) is 5.75 Å². The number of terminal acetylenes is 1. The van der Waals surface area contributed by atoms with Crippen LogP contribution in [-0.4, -0.2) is 11.5 Å². The van der Waals surface area contributed by atoms with Crippen LogP contribution in [0, 0.1) is 28.3 Å². The van der Waals surface area contributed by atoms with Crippen LogP contribution >= 0.6 is 0 Å². The van der Waals surface area contributed by atoms with Crippen molar-refractivity contribution >= 4 is 5.69 Å². The fraction of sp³-hybridized carbons (Fsp3) is 0.111. The standard InChI is InChI=1S/C9H6FNO3/c1-2-6-14-9-7(10)4-3-5-8(9)11(12)13/h1,3-5H,6H2. The van der Waals surface area contributed by atoms with Gasteiger partial charge in [-0.1, -0.05) is 12.0 Å². The van der Waals surface area contributed by atoms with Crippen molar-refractivity contribution in [1.82, 2.24) is 0 Å². The van der Waals surface area contributed by atoms with Crippen LogP contribution in [0.2, 0.25) is 0 Å². The molecular weight excluding hydrogens is 189 g/mol. The molecule has 1 aromatic rings. The van der Waals surface area contributed by atoms with E-state index in [4.69, 9.17) is 11.2 Å². The second-order valence-electron chi connectivity index (χ2n) is 2.34. The molecule has 1 aromatic carbocycles. The molecule has 5 heteroatoms. The number of nitrogens with zero attached hydrogens (tertiary/aromatic N) is 1. The molecule has 0 radical (unpaired) electrons. The Morgan fingerprint density at radius 2 is 2.36 bits per heavy atom. The van der Waals surface area contributed by atoms with Crippen molar-refractivity contribution < 1.29 is 14.1 Å². The first kappa shape index (κ1) is 9.99. The Hall–Kier alpha value is -2.09. The van der Waals surface area contributed by atoms with Crippen molar-refractivity contribution in [2.45, 2.75) is 0 Å². The van der Waals surface area contributed by atoms with Crippen molar-refractivity contribution in [3.63, 3.8) is 0 Å². The molecule has 0 unspecified atom stereocenters. The molecule has 0 heterocycles. The smallest absolute Gasteiger partial charge is 0.314 e. The molecule has 0 fully saturated rings. The molecule has 1 rings (SSSR count). The van der Waals surface area contributed by atoms with Gasteiger partial charge >= 0.3 is 5.69 Å². The van der Waals surface area contributed by atoms with Gasteiger partial charge in [0.2, 0.25) is 5.75 Å². The Morgan fingerprint density at radius 1 is 1.64 bits per heavy atom. The zero-order valence-corrected chi connectivity index (χ0v) is 7.07. The molecule has 0 bridgehead atoms. The van der Waals surface area contributed by atoms with Crippen LogP contribution in [0.4, 0.5) is 10.1 Å². The molecule has 0 aromatic heterocycles. The van der Waals surface area contributed by atoms with Crippen LogP contribution in [0.25, 0.3) is 0 Å². The summed E-state index contributed by atoms with van der Waals surface area (Å²) in [4.78, 5) is 9.72. The number of benzene rings is 1. The summed E-state index contributed by atoms with van der Waals surface area (Å²) < 4.78 is 17.8. The zero-order chi connectivity index (χ0) is 10.6. The molecular formula is C9H6FNO3. The van der Waals surface area contributed by atoms with E-state index in [1.807, 2.05) is 0 Å². The third kappa shape index (κ3) is 1.98. The average molecular weight is 195 g/mol. The lowest BCUT2D eigenvalue weighted by atomic mass is 10.3. The Balaban J connectivity index is 3.10. The zero-order valence-electron chi connectivity index (χ0n) is 7.07. The summed E-state index contributed by atoms with van der Waals surface area (Å²) in [5, 5.41) is 10.4. The monoisotopic (exact) mass is 195 g/mol. The van der Waals surface area contributed by atoms with Crippen LogP contribution < -0.4 is 4.74 Å². The molecule has 72 valence electrons. The highest BCUT2D eigenvalue weighted by molar-refractivity contribution is 5.47. The predicted octanol–water partition coefficient (Wildman–Crippen LogP) is 1.75. The maximum Gasteiger partial charge on any atom is 0.314 e. The van der Waals surface area contributed by atoms with Crippen LogP contribution in [0.3, 0.4) is 0 Å². The Labute approximate surface area is 79.5 Å². The number of para-hydroxylation sites is 1. The van der Waals surface area contributed by atoms with Gasteiger partial charge in [-0.2, -0.15) is 0 Å². The van der Waals surface area contributed by atoms with Crippen LogP contribution in [0.1, 0.15) is 0 Å². The molecule has 0 N–H and O–H groups in total. The van der Waals surface area contributed by atoms with E-state index in [1.54, 1.807) is 0 Å². The van der Waals surface area contributed by atoms with Gasteiger partial charge in [0.1, 0.15) is 6.61 Å². The molecule has 0 amide bonds.